The molecule has 5 rings (SSSR count). The van der Waals surface area contributed by atoms with E-state index in [9.17, 15) is 14.4 Å². The quantitative estimate of drug-likeness (QED) is 0.266. The van der Waals surface area contributed by atoms with Crippen LogP contribution >= 0.6 is 0 Å². The number of carbonyl (C=O) groups excluding carboxylic acids is 3. The van der Waals surface area contributed by atoms with Crippen LogP contribution in [0.25, 0.3) is 10.8 Å². The number of esters is 1. The molecule has 1 aliphatic rings. The van der Waals surface area contributed by atoms with Crippen LogP contribution in [-0.2, 0) is 20.9 Å². The van der Waals surface area contributed by atoms with Gasteiger partial charge in [-0.25, -0.2) is 4.79 Å². The summed E-state index contributed by atoms with van der Waals surface area (Å²) in [7, 11) is 1.31. The van der Waals surface area contributed by atoms with Crippen LogP contribution in [0.15, 0.2) is 97.1 Å². The van der Waals surface area contributed by atoms with Crippen molar-refractivity contribution in [1.29, 1.82) is 0 Å². The van der Waals surface area contributed by atoms with E-state index in [0.717, 1.165) is 16.3 Å². The van der Waals surface area contributed by atoms with Crippen molar-refractivity contribution in [2.75, 3.05) is 13.7 Å². The first-order valence-electron chi connectivity index (χ1n) is 12.2. The molecule has 0 N–H and O–H groups in total. The minimum Gasteiger partial charge on any atom is -0.467 e. The summed E-state index contributed by atoms with van der Waals surface area (Å²) in [4.78, 5) is 41.6. The maximum Gasteiger partial charge on any atom is 0.328 e. The molecule has 0 unspecified atom stereocenters. The number of hydrogen-bond donors (Lipinski definition) is 0. The summed E-state index contributed by atoms with van der Waals surface area (Å²) in [5.74, 6) is -1.14. The molecule has 0 bridgehead atoms. The van der Waals surface area contributed by atoms with E-state index in [1.54, 1.807) is 30.3 Å². The monoisotopic (exact) mass is 493 g/mol. The second-order valence-electron chi connectivity index (χ2n) is 9.05. The number of methoxy groups -OCH3 is 1. The standard InChI is InChI=1S/C31H27NO5/c1-36-31(35)28-18-23(37-20-21-10-3-2-4-11-21)19-32(28)30(34)27-16-8-7-15-26(27)29(33)25-17-9-13-22-12-5-6-14-24(22)25/h2-17,23,28H,18-20H2,1H3/t23-,28+/m1/s1. The molecule has 1 heterocycles. The highest BCUT2D eigenvalue weighted by molar-refractivity contribution is 6.20. The van der Waals surface area contributed by atoms with Gasteiger partial charge in [-0.3, -0.25) is 9.59 Å². The van der Waals surface area contributed by atoms with Gasteiger partial charge in [-0.15, -0.1) is 0 Å². The fourth-order valence-electron chi connectivity index (χ4n) is 4.88. The summed E-state index contributed by atoms with van der Waals surface area (Å²) in [5.41, 5.74) is 2.07. The van der Waals surface area contributed by atoms with Gasteiger partial charge in [0.25, 0.3) is 5.91 Å². The Labute approximate surface area is 215 Å². The number of likely N-dealkylation sites (tertiary alicyclic amines) is 1. The van der Waals surface area contributed by atoms with Crippen molar-refractivity contribution >= 4 is 28.4 Å². The lowest BCUT2D eigenvalue weighted by Gasteiger charge is -2.23. The van der Waals surface area contributed by atoms with Crippen molar-refractivity contribution in [3.05, 3.63) is 119 Å². The number of hydrogen-bond acceptors (Lipinski definition) is 5. The fourth-order valence-corrected chi connectivity index (χ4v) is 4.88. The van der Waals surface area contributed by atoms with E-state index < -0.39 is 17.9 Å². The highest BCUT2D eigenvalue weighted by atomic mass is 16.5. The van der Waals surface area contributed by atoms with Gasteiger partial charge >= 0.3 is 5.97 Å². The molecule has 1 saturated heterocycles. The zero-order valence-corrected chi connectivity index (χ0v) is 20.5. The Balaban J connectivity index is 1.43. The molecule has 4 aromatic rings. The lowest BCUT2D eigenvalue weighted by molar-refractivity contribution is -0.145. The van der Waals surface area contributed by atoms with Crippen LogP contribution < -0.4 is 0 Å². The number of amides is 1. The number of nitrogens with zero attached hydrogens (tertiary/aromatic N) is 1. The normalized spacial score (nSPS) is 17.1. The van der Waals surface area contributed by atoms with Crippen LogP contribution in [0.2, 0.25) is 0 Å². The molecule has 6 heteroatoms. The maximum absolute atomic E-state index is 13.8. The van der Waals surface area contributed by atoms with Crippen molar-refractivity contribution < 1.29 is 23.9 Å². The van der Waals surface area contributed by atoms with E-state index in [1.807, 2.05) is 66.7 Å². The van der Waals surface area contributed by atoms with Crippen molar-refractivity contribution in [3.63, 3.8) is 0 Å². The molecule has 0 saturated carbocycles. The van der Waals surface area contributed by atoms with Gasteiger partial charge < -0.3 is 14.4 Å². The Morgan fingerprint density at radius 2 is 1.43 bits per heavy atom. The molecule has 2 atom stereocenters. The first kappa shape index (κ1) is 24.4. The third kappa shape index (κ3) is 5.01. The third-order valence-corrected chi connectivity index (χ3v) is 6.76. The lowest BCUT2D eigenvalue weighted by Crippen LogP contribution is -2.41. The first-order chi connectivity index (χ1) is 18.1. The number of ether oxygens (including phenoxy) is 2. The molecule has 0 aromatic heterocycles. The second-order valence-corrected chi connectivity index (χ2v) is 9.05. The van der Waals surface area contributed by atoms with E-state index in [1.165, 1.54) is 12.0 Å². The first-order valence-corrected chi connectivity index (χ1v) is 12.2. The molecule has 1 aliphatic heterocycles. The Kier molecular flexibility index (Phi) is 7.10. The van der Waals surface area contributed by atoms with Crippen LogP contribution in [0.4, 0.5) is 0 Å². The van der Waals surface area contributed by atoms with Crippen LogP contribution in [0.3, 0.4) is 0 Å². The summed E-state index contributed by atoms with van der Waals surface area (Å²) >= 11 is 0. The summed E-state index contributed by atoms with van der Waals surface area (Å²) in [6, 6.07) is 28.9. The molecule has 1 fully saturated rings. The van der Waals surface area contributed by atoms with Crippen molar-refractivity contribution in [1.82, 2.24) is 4.90 Å². The van der Waals surface area contributed by atoms with Gasteiger partial charge in [0.1, 0.15) is 6.04 Å². The molecule has 37 heavy (non-hydrogen) atoms. The molecule has 6 nitrogen and oxygen atoms in total. The number of rotatable bonds is 7. The van der Waals surface area contributed by atoms with E-state index in [4.69, 9.17) is 9.47 Å². The Morgan fingerprint density at radius 3 is 2.22 bits per heavy atom. The van der Waals surface area contributed by atoms with Gasteiger partial charge in [-0.05, 0) is 22.4 Å². The Morgan fingerprint density at radius 1 is 0.784 bits per heavy atom. The van der Waals surface area contributed by atoms with Gasteiger partial charge in [0, 0.05) is 24.1 Å². The van der Waals surface area contributed by atoms with Gasteiger partial charge in [0.2, 0.25) is 0 Å². The average Bonchev–Trinajstić information content (AvgIpc) is 3.39. The zero-order chi connectivity index (χ0) is 25.8. The predicted molar refractivity (Wildman–Crippen MR) is 140 cm³/mol. The SMILES string of the molecule is COC(=O)[C@@H]1C[C@@H](OCc2ccccc2)CN1C(=O)c1ccccc1C(=O)c1cccc2ccccc12. The van der Waals surface area contributed by atoms with E-state index >= 15 is 0 Å². The number of fused-ring (bicyclic) bond motifs is 1. The topological polar surface area (TPSA) is 72.9 Å². The van der Waals surface area contributed by atoms with Gasteiger partial charge in [0.05, 0.1) is 25.4 Å². The minimum absolute atomic E-state index is 0.224. The molecule has 4 aromatic carbocycles. The molecule has 1 amide bonds. The highest BCUT2D eigenvalue weighted by Gasteiger charge is 2.42. The number of ketones is 1. The second kappa shape index (κ2) is 10.8. The largest absolute Gasteiger partial charge is 0.467 e. The van der Waals surface area contributed by atoms with Crippen LogP contribution in [0.5, 0.6) is 0 Å². The van der Waals surface area contributed by atoms with Crippen LogP contribution in [-0.4, -0.2) is 48.4 Å². The summed E-state index contributed by atoms with van der Waals surface area (Å²) in [6.45, 7) is 0.597. The van der Waals surface area contributed by atoms with Crippen molar-refractivity contribution in [2.45, 2.75) is 25.2 Å². The van der Waals surface area contributed by atoms with E-state index in [2.05, 4.69) is 0 Å². The van der Waals surface area contributed by atoms with Crippen LogP contribution in [0, 0.1) is 0 Å². The Hall–Kier alpha value is -4.29. The summed E-state index contributed by atoms with van der Waals surface area (Å²) in [5, 5.41) is 1.76. The molecule has 0 radical (unpaired) electrons. The van der Waals surface area contributed by atoms with Crippen molar-refractivity contribution in [2.24, 2.45) is 0 Å². The molecular weight excluding hydrogens is 466 g/mol. The predicted octanol–water partition coefficient (Wildman–Crippen LogP) is 5.04. The van der Waals surface area contributed by atoms with Gasteiger partial charge in [0.15, 0.2) is 5.78 Å². The van der Waals surface area contributed by atoms with Crippen molar-refractivity contribution in [3.8, 4) is 0 Å². The molecule has 0 spiro atoms. The van der Waals surface area contributed by atoms with E-state index in [0.29, 0.717) is 24.2 Å². The highest BCUT2D eigenvalue weighted by Crippen LogP contribution is 2.28. The zero-order valence-electron chi connectivity index (χ0n) is 20.5. The summed E-state index contributed by atoms with van der Waals surface area (Å²) in [6.07, 6.45) is -0.0146. The van der Waals surface area contributed by atoms with E-state index in [-0.39, 0.29) is 24.0 Å². The fraction of sp³-hybridized carbons (Fsp3) is 0.194. The minimum atomic E-state index is -0.793. The van der Waals surface area contributed by atoms with Gasteiger partial charge in [-0.2, -0.15) is 0 Å². The molecular formula is C31H27NO5. The average molecular weight is 494 g/mol. The number of benzene rings is 4. The number of carbonyl (C=O) groups is 3. The third-order valence-electron chi connectivity index (χ3n) is 6.76. The molecule has 186 valence electrons. The van der Waals surface area contributed by atoms with Crippen LogP contribution in [0.1, 0.15) is 38.3 Å². The maximum atomic E-state index is 13.8. The summed E-state index contributed by atoms with van der Waals surface area (Å²) < 4.78 is 11.1. The smallest absolute Gasteiger partial charge is 0.328 e. The lowest BCUT2D eigenvalue weighted by atomic mass is 9.94. The van der Waals surface area contributed by atoms with Gasteiger partial charge in [-0.1, -0.05) is 91.0 Å². The Bertz CT molecular complexity index is 1440. The molecule has 0 aliphatic carbocycles.